The number of benzene rings is 1. The first-order chi connectivity index (χ1) is 9.19. The van der Waals surface area contributed by atoms with E-state index in [-0.39, 0.29) is 11.9 Å². The van der Waals surface area contributed by atoms with Gasteiger partial charge in [0.2, 0.25) is 0 Å². The van der Waals surface area contributed by atoms with Crippen LogP contribution < -0.4 is 10.1 Å². The van der Waals surface area contributed by atoms with Gasteiger partial charge in [-0.3, -0.25) is 4.98 Å². The highest BCUT2D eigenvalue weighted by molar-refractivity contribution is 9.10. The van der Waals surface area contributed by atoms with Crippen LogP contribution in [0.2, 0.25) is 0 Å². The molecule has 1 N–H and O–H groups in total. The smallest absolute Gasteiger partial charge is 0.142 e. The van der Waals surface area contributed by atoms with Crippen LogP contribution in [0, 0.1) is 5.82 Å². The summed E-state index contributed by atoms with van der Waals surface area (Å²) in [5.41, 5.74) is 1.17. The Balaban J connectivity index is 2.57. The maximum absolute atomic E-state index is 14.1. The minimum absolute atomic E-state index is 0.290. The van der Waals surface area contributed by atoms with Crippen LogP contribution >= 0.6 is 15.9 Å². The number of hydrogen-bond acceptors (Lipinski definition) is 3. The molecule has 2 aromatic rings. The van der Waals surface area contributed by atoms with Gasteiger partial charge < -0.3 is 10.1 Å². The maximum atomic E-state index is 14.1. The second kappa shape index (κ2) is 6.12. The summed E-state index contributed by atoms with van der Waals surface area (Å²) < 4.78 is 20.1. The summed E-state index contributed by atoms with van der Waals surface area (Å²) in [7, 11) is 3.33. The Hall–Kier alpha value is -1.46. The van der Waals surface area contributed by atoms with E-state index >= 15 is 0 Å². The molecule has 0 amide bonds. The highest BCUT2D eigenvalue weighted by Gasteiger charge is 2.23. The van der Waals surface area contributed by atoms with Crippen molar-refractivity contribution in [3.8, 4) is 5.75 Å². The first-order valence-corrected chi connectivity index (χ1v) is 6.58. The summed E-state index contributed by atoms with van der Waals surface area (Å²) in [4.78, 5) is 4.30. The molecule has 100 valence electrons. The van der Waals surface area contributed by atoms with Crippen molar-refractivity contribution in [1.82, 2.24) is 10.3 Å². The molecule has 0 radical (unpaired) electrons. The largest absolute Gasteiger partial charge is 0.495 e. The van der Waals surface area contributed by atoms with Gasteiger partial charge >= 0.3 is 0 Å². The molecule has 0 fully saturated rings. The number of hydrogen-bond donors (Lipinski definition) is 1. The highest BCUT2D eigenvalue weighted by atomic mass is 79.9. The number of aromatic nitrogens is 1. The lowest BCUT2D eigenvalue weighted by Gasteiger charge is -2.20. The lowest BCUT2D eigenvalue weighted by molar-refractivity contribution is 0.400. The molecule has 1 heterocycles. The lowest BCUT2D eigenvalue weighted by Crippen LogP contribution is -2.21. The quantitative estimate of drug-likeness (QED) is 0.937. The SMILES string of the molecule is CNC(c1ncccc1OC)c1c(F)cccc1Br. The molecule has 0 saturated carbocycles. The first kappa shape index (κ1) is 14.0. The second-order valence-corrected chi connectivity index (χ2v) is 4.80. The Kier molecular flexibility index (Phi) is 4.50. The van der Waals surface area contributed by atoms with Crippen LogP contribution in [0.5, 0.6) is 5.75 Å². The first-order valence-electron chi connectivity index (χ1n) is 5.79. The fraction of sp³-hybridized carbons (Fsp3) is 0.214. The van der Waals surface area contributed by atoms with Crippen LogP contribution in [0.25, 0.3) is 0 Å². The van der Waals surface area contributed by atoms with Crippen molar-refractivity contribution in [3.63, 3.8) is 0 Å². The van der Waals surface area contributed by atoms with Crippen molar-refractivity contribution in [3.05, 3.63) is 58.1 Å². The minimum atomic E-state index is -0.383. The minimum Gasteiger partial charge on any atom is -0.495 e. The van der Waals surface area contributed by atoms with E-state index in [1.165, 1.54) is 6.07 Å². The third-order valence-corrected chi connectivity index (χ3v) is 3.56. The van der Waals surface area contributed by atoms with Gasteiger partial charge in [-0.1, -0.05) is 22.0 Å². The Labute approximate surface area is 119 Å². The molecule has 1 aromatic carbocycles. The fourth-order valence-corrected chi connectivity index (χ4v) is 2.57. The molecular weight excluding hydrogens is 311 g/mol. The van der Waals surface area contributed by atoms with E-state index in [0.717, 1.165) is 0 Å². The van der Waals surface area contributed by atoms with Gasteiger partial charge in [-0.15, -0.1) is 0 Å². The van der Waals surface area contributed by atoms with Gasteiger partial charge in [0.1, 0.15) is 17.3 Å². The summed E-state index contributed by atoms with van der Waals surface area (Å²) in [6.07, 6.45) is 1.66. The van der Waals surface area contributed by atoms with Gasteiger partial charge in [0.05, 0.1) is 13.2 Å². The number of nitrogens with one attached hydrogen (secondary N) is 1. The van der Waals surface area contributed by atoms with Crippen LogP contribution in [-0.4, -0.2) is 19.1 Å². The lowest BCUT2D eigenvalue weighted by atomic mass is 10.0. The molecule has 19 heavy (non-hydrogen) atoms. The van der Waals surface area contributed by atoms with Crippen molar-refractivity contribution in [1.29, 1.82) is 0 Å². The van der Waals surface area contributed by atoms with Crippen LogP contribution in [0.3, 0.4) is 0 Å². The Morgan fingerprint density at radius 2 is 2.11 bits per heavy atom. The molecule has 0 aliphatic carbocycles. The molecule has 5 heteroatoms. The average molecular weight is 325 g/mol. The standard InChI is InChI=1S/C14H14BrFN2O/c1-17-14(12-9(15)5-3-6-10(12)16)13-11(19-2)7-4-8-18-13/h3-8,14,17H,1-2H3. The molecular formula is C14H14BrFN2O. The van der Waals surface area contributed by atoms with Crippen LogP contribution in [0.15, 0.2) is 41.0 Å². The Morgan fingerprint density at radius 1 is 1.32 bits per heavy atom. The molecule has 0 aliphatic rings. The number of nitrogens with zero attached hydrogens (tertiary/aromatic N) is 1. The molecule has 0 bridgehead atoms. The highest BCUT2D eigenvalue weighted by Crippen LogP contribution is 2.33. The average Bonchev–Trinajstić information content (AvgIpc) is 2.43. The van der Waals surface area contributed by atoms with Crippen LogP contribution in [0.1, 0.15) is 17.3 Å². The van der Waals surface area contributed by atoms with E-state index in [0.29, 0.717) is 21.5 Å². The second-order valence-electron chi connectivity index (χ2n) is 3.95. The van der Waals surface area contributed by atoms with E-state index in [1.807, 2.05) is 0 Å². The van der Waals surface area contributed by atoms with Crippen molar-refractivity contribution in [2.45, 2.75) is 6.04 Å². The Morgan fingerprint density at radius 3 is 2.74 bits per heavy atom. The molecule has 0 spiro atoms. The van der Waals surface area contributed by atoms with Gasteiger partial charge in [0, 0.05) is 16.2 Å². The third-order valence-electron chi connectivity index (χ3n) is 2.87. The van der Waals surface area contributed by atoms with Crippen molar-refractivity contribution in [2.24, 2.45) is 0 Å². The maximum Gasteiger partial charge on any atom is 0.142 e. The predicted octanol–water partition coefficient (Wildman–Crippen LogP) is 3.30. The predicted molar refractivity (Wildman–Crippen MR) is 75.8 cm³/mol. The zero-order valence-electron chi connectivity index (χ0n) is 10.7. The molecule has 2 rings (SSSR count). The molecule has 1 aromatic heterocycles. The normalized spacial score (nSPS) is 12.2. The molecule has 0 aliphatic heterocycles. The van der Waals surface area contributed by atoms with Crippen molar-refractivity contribution in [2.75, 3.05) is 14.2 Å². The van der Waals surface area contributed by atoms with Gasteiger partial charge in [-0.05, 0) is 31.3 Å². The third kappa shape index (κ3) is 2.77. The summed E-state index contributed by atoms with van der Waals surface area (Å²) in [6.45, 7) is 0. The summed E-state index contributed by atoms with van der Waals surface area (Å²) >= 11 is 3.38. The van der Waals surface area contributed by atoms with E-state index in [2.05, 4.69) is 26.2 Å². The number of methoxy groups -OCH3 is 1. The fourth-order valence-electron chi connectivity index (χ4n) is 2.00. The summed E-state index contributed by atoms with van der Waals surface area (Å²) in [5.74, 6) is 0.332. The van der Waals surface area contributed by atoms with E-state index in [4.69, 9.17) is 4.74 Å². The van der Waals surface area contributed by atoms with Gasteiger partial charge in [-0.25, -0.2) is 4.39 Å². The van der Waals surface area contributed by atoms with Crippen molar-refractivity contribution < 1.29 is 9.13 Å². The van der Waals surface area contributed by atoms with Crippen molar-refractivity contribution >= 4 is 15.9 Å². The number of rotatable bonds is 4. The molecule has 0 saturated heterocycles. The number of pyridine rings is 1. The van der Waals surface area contributed by atoms with Gasteiger partial charge in [0.25, 0.3) is 0 Å². The topological polar surface area (TPSA) is 34.2 Å². The van der Waals surface area contributed by atoms with E-state index in [9.17, 15) is 4.39 Å². The van der Waals surface area contributed by atoms with Gasteiger partial charge in [-0.2, -0.15) is 0 Å². The molecule has 1 unspecified atom stereocenters. The molecule has 3 nitrogen and oxygen atoms in total. The van der Waals surface area contributed by atoms with E-state index in [1.54, 1.807) is 44.6 Å². The van der Waals surface area contributed by atoms with Crippen LogP contribution in [-0.2, 0) is 0 Å². The van der Waals surface area contributed by atoms with Crippen LogP contribution in [0.4, 0.5) is 4.39 Å². The van der Waals surface area contributed by atoms with Gasteiger partial charge in [0.15, 0.2) is 0 Å². The molecule has 1 atom stereocenters. The zero-order valence-corrected chi connectivity index (χ0v) is 12.2. The Bertz CT molecular complexity index is 557. The van der Waals surface area contributed by atoms with E-state index < -0.39 is 0 Å². The number of ether oxygens (including phenoxy) is 1. The summed E-state index contributed by atoms with van der Waals surface area (Å²) in [5, 5.41) is 3.08. The zero-order chi connectivity index (χ0) is 13.8. The number of halogens is 2. The summed E-state index contributed by atoms with van der Waals surface area (Å²) in [6, 6.07) is 8.10. The monoisotopic (exact) mass is 324 g/mol.